The summed E-state index contributed by atoms with van der Waals surface area (Å²) in [7, 11) is 0. The molecule has 0 saturated carbocycles. The highest BCUT2D eigenvalue weighted by atomic mass is 16.5. The van der Waals surface area contributed by atoms with Crippen LogP contribution in [0.3, 0.4) is 0 Å². The summed E-state index contributed by atoms with van der Waals surface area (Å²) in [6.07, 6.45) is 0.574. The van der Waals surface area contributed by atoms with Crippen LogP contribution in [-0.4, -0.2) is 26.5 Å². The number of rotatable bonds is 4. The summed E-state index contributed by atoms with van der Waals surface area (Å²) in [6, 6.07) is 14.8. The molecule has 2 aromatic carbocycles. The highest BCUT2D eigenvalue weighted by Gasteiger charge is 2.23. The molecule has 7 heteroatoms. The number of aromatic amines is 1. The van der Waals surface area contributed by atoms with Crippen molar-refractivity contribution in [1.82, 2.24) is 20.6 Å². The summed E-state index contributed by atoms with van der Waals surface area (Å²) >= 11 is 0. The Balaban J connectivity index is 1.70. The first-order valence-corrected chi connectivity index (χ1v) is 7.92. The fourth-order valence-corrected chi connectivity index (χ4v) is 2.70. The molecule has 0 bridgehead atoms. The fraction of sp³-hybridized carbons (Fsp3) is 0.111. The van der Waals surface area contributed by atoms with Gasteiger partial charge in [-0.25, -0.2) is 0 Å². The first kappa shape index (κ1) is 15.1. The Hall–Kier alpha value is -3.48. The first-order chi connectivity index (χ1) is 12.3. The summed E-state index contributed by atoms with van der Waals surface area (Å²) in [5.74, 6) is 0.290. The van der Waals surface area contributed by atoms with E-state index in [1.807, 2.05) is 37.3 Å². The average Bonchev–Trinajstić information content (AvgIpc) is 3.28. The number of fused-ring (bicyclic) bond motifs is 1. The van der Waals surface area contributed by atoms with Crippen molar-refractivity contribution in [2.75, 3.05) is 5.32 Å². The summed E-state index contributed by atoms with van der Waals surface area (Å²) in [5.41, 5.74) is 3.88. The molecule has 25 heavy (non-hydrogen) atoms. The molecule has 0 unspecified atom stereocenters. The number of carbonyl (C=O) groups is 1. The number of nitrogens with zero attached hydrogens (tertiary/aromatic N) is 3. The van der Waals surface area contributed by atoms with E-state index in [0.717, 1.165) is 11.1 Å². The van der Waals surface area contributed by atoms with Crippen LogP contribution in [0, 0.1) is 0 Å². The molecule has 1 amide bonds. The van der Waals surface area contributed by atoms with E-state index < -0.39 is 0 Å². The third-order valence-electron chi connectivity index (χ3n) is 3.93. The molecule has 7 nitrogen and oxygen atoms in total. The minimum absolute atomic E-state index is 0.264. The highest BCUT2D eigenvalue weighted by Crippen LogP contribution is 2.27. The largest absolute Gasteiger partial charge is 0.360 e. The van der Waals surface area contributed by atoms with Crippen molar-refractivity contribution in [2.24, 2.45) is 0 Å². The van der Waals surface area contributed by atoms with Gasteiger partial charge in [0, 0.05) is 17.7 Å². The van der Waals surface area contributed by atoms with Crippen LogP contribution in [0.2, 0.25) is 0 Å². The molecule has 2 aromatic heterocycles. The lowest BCUT2D eigenvalue weighted by molar-refractivity contribution is 0.102. The Bertz CT molecular complexity index is 1040. The number of hydrogen-bond acceptors (Lipinski definition) is 5. The molecule has 0 fully saturated rings. The van der Waals surface area contributed by atoms with Crippen LogP contribution in [-0.2, 0) is 6.42 Å². The molecule has 0 saturated heterocycles. The Morgan fingerprint density at radius 1 is 1.12 bits per heavy atom. The smallest absolute Gasteiger partial charge is 0.261 e. The zero-order valence-electron chi connectivity index (χ0n) is 13.5. The van der Waals surface area contributed by atoms with Crippen LogP contribution in [0.15, 0.2) is 53.1 Å². The summed E-state index contributed by atoms with van der Waals surface area (Å²) in [6.45, 7) is 1.92. The van der Waals surface area contributed by atoms with E-state index in [1.54, 1.807) is 18.2 Å². The van der Waals surface area contributed by atoms with Crippen LogP contribution in [0.25, 0.3) is 22.3 Å². The Kier molecular flexibility index (Phi) is 3.74. The number of aryl methyl sites for hydroxylation is 1. The molecular weight excluding hydrogens is 318 g/mol. The third-order valence-corrected chi connectivity index (χ3v) is 3.93. The molecule has 4 rings (SSSR count). The van der Waals surface area contributed by atoms with E-state index in [1.165, 1.54) is 0 Å². The van der Waals surface area contributed by atoms with Gasteiger partial charge in [0.1, 0.15) is 28.1 Å². The minimum atomic E-state index is -0.264. The average molecular weight is 333 g/mol. The van der Waals surface area contributed by atoms with E-state index in [-0.39, 0.29) is 5.91 Å². The third kappa shape index (κ3) is 2.76. The van der Waals surface area contributed by atoms with E-state index >= 15 is 0 Å². The number of carbonyl (C=O) groups excluding carboxylic acids is 1. The van der Waals surface area contributed by atoms with E-state index in [4.69, 9.17) is 4.52 Å². The summed E-state index contributed by atoms with van der Waals surface area (Å²) in [5, 5.41) is 17.6. The molecule has 124 valence electrons. The maximum atomic E-state index is 12.9. The number of benzene rings is 2. The predicted molar refractivity (Wildman–Crippen MR) is 93.2 cm³/mol. The Labute approximate surface area is 143 Å². The van der Waals surface area contributed by atoms with Gasteiger partial charge in [-0.1, -0.05) is 42.4 Å². The number of hydrogen-bond donors (Lipinski definition) is 2. The molecular formula is C18H15N5O2. The second-order valence-corrected chi connectivity index (χ2v) is 5.53. The van der Waals surface area contributed by atoms with Crippen molar-refractivity contribution in [3.05, 3.63) is 59.9 Å². The van der Waals surface area contributed by atoms with Crippen LogP contribution in [0.5, 0.6) is 0 Å². The highest BCUT2D eigenvalue weighted by molar-refractivity contribution is 6.09. The van der Waals surface area contributed by atoms with Gasteiger partial charge < -0.3 is 9.84 Å². The van der Waals surface area contributed by atoms with Crippen molar-refractivity contribution >= 4 is 22.6 Å². The van der Waals surface area contributed by atoms with Crippen molar-refractivity contribution in [1.29, 1.82) is 0 Å². The Morgan fingerprint density at radius 2 is 1.92 bits per heavy atom. The van der Waals surface area contributed by atoms with E-state index in [0.29, 0.717) is 34.6 Å². The monoisotopic (exact) mass is 333 g/mol. The van der Waals surface area contributed by atoms with Crippen molar-refractivity contribution in [2.45, 2.75) is 13.3 Å². The number of H-pyrrole nitrogens is 1. The lowest BCUT2D eigenvalue weighted by Gasteiger charge is -2.06. The van der Waals surface area contributed by atoms with Crippen molar-refractivity contribution < 1.29 is 9.32 Å². The second-order valence-electron chi connectivity index (χ2n) is 5.53. The second kappa shape index (κ2) is 6.20. The molecule has 0 aliphatic rings. The van der Waals surface area contributed by atoms with Gasteiger partial charge in [0.2, 0.25) is 0 Å². The summed E-state index contributed by atoms with van der Waals surface area (Å²) in [4.78, 5) is 12.9. The van der Waals surface area contributed by atoms with Gasteiger partial charge in [-0.15, -0.1) is 0 Å². The predicted octanol–water partition coefficient (Wildman–Crippen LogP) is 3.43. The SMILES string of the molecule is CCc1onc(-c2ccccc2)c1C(=O)Nc1ccc2n[nH]nc2c1. The zero-order valence-corrected chi connectivity index (χ0v) is 13.5. The first-order valence-electron chi connectivity index (χ1n) is 7.92. The van der Waals surface area contributed by atoms with E-state index in [2.05, 4.69) is 25.9 Å². The van der Waals surface area contributed by atoms with Crippen LogP contribution in [0.4, 0.5) is 5.69 Å². The topological polar surface area (TPSA) is 96.7 Å². The number of anilines is 1. The molecule has 2 heterocycles. The van der Waals surface area contributed by atoms with Gasteiger partial charge in [-0.05, 0) is 18.2 Å². The maximum absolute atomic E-state index is 12.9. The molecule has 2 N–H and O–H groups in total. The normalized spacial score (nSPS) is 10.9. The Morgan fingerprint density at radius 3 is 2.72 bits per heavy atom. The van der Waals surface area contributed by atoms with Crippen LogP contribution >= 0.6 is 0 Å². The van der Waals surface area contributed by atoms with Crippen LogP contribution in [0.1, 0.15) is 23.0 Å². The number of aromatic nitrogens is 4. The van der Waals surface area contributed by atoms with Gasteiger partial charge in [-0.2, -0.15) is 15.4 Å². The fourth-order valence-electron chi connectivity index (χ4n) is 2.70. The lowest BCUT2D eigenvalue weighted by atomic mass is 10.0. The maximum Gasteiger partial charge on any atom is 0.261 e. The van der Waals surface area contributed by atoms with Gasteiger partial charge in [-0.3, -0.25) is 4.79 Å². The molecule has 0 atom stereocenters. The standard InChI is InChI=1S/C18H15N5O2/c1-2-15-16(17(22-25-15)11-6-4-3-5-7-11)18(24)19-12-8-9-13-14(10-12)21-23-20-13/h3-10H,2H2,1H3,(H,19,24)(H,20,21,23). The quantitative estimate of drug-likeness (QED) is 0.596. The van der Waals surface area contributed by atoms with Crippen molar-refractivity contribution in [3.8, 4) is 11.3 Å². The van der Waals surface area contributed by atoms with Gasteiger partial charge in [0.05, 0.1) is 0 Å². The van der Waals surface area contributed by atoms with Gasteiger partial charge >= 0.3 is 0 Å². The van der Waals surface area contributed by atoms with Crippen molar-refractivity contribution in [3.63, 3.8) is 0 Å². The van der Waals surface area contributed by atoms with E-state index in [9.17, 15) is 4.79 Å². The molecule has 0 spiro atoms. The minimum Gasteiger partial charge on any atom is -0.360 e. The van der Waals surface area contributed by atoms with Gasteiger partial charge in [0.25, 0.3) is 5.91 Å². The lowest BCUT2D eigenvalue weighted by Crippen LogP contribution is -2.14. The molecule has 0 radical (unpaired) electrons. The summed E-state index contributed by atoms with van der Waals surface area (Å²) < 4.78 is 5.38. The zero-order chi connectivity index (χ0) is 17.2. The van der Waals surface area contributed by atoms with Gasteiger partial charge in [0.15, 0.2) is 0 Å². The molecule has 0 aliphatic carbocycles. The van der Waals surface area contributed by atoms with Crippen LogP contribution < -0.4 is 5.32 Å². The molecule has 4 aromatic rings. The number of nitrogens with one attached hydrogen (secondary N) is 2. The molecule has 0 aliphatic heterocycles. The number of amides is 1.